The number of fused-ring (bicyclic) bond motifs is 1. The van der Waals surface area contributed by atoms with Crippen LogP contribution >= 0.6 is 0 Å². The summed E-state index contributed by atoms with van der Waals surface area (Å²) in [5.41, 5.74) is -0.207. The molecule has 2 rings (SSSR count). The second-order valence-electron chi connectivity index (χ2n) is 4.36. The quantitative estimate of drug-likeness (QED) is 0.737. The molecule has 0 N–H and O–H groups in total. The number of esters is 1. The standard InChI is InChI=1S/C14H16N4O5/c1-3-22-12(19)9-17(14(21)23-4-2)18-13(20)10-7-5-6-8-11(10)15-16-18/h5-8H,3-4,9H2,1-2H3. The third-order valence-corrected chi connectivity index (χ3v) is 2.84. The van der Waals surface area contributed by atoms with Gasteiger partial charge in [0.25, 0.3) is 5.56 Å². The number of ether oxygens (including phenoxy) is 2. The summed E-state index contributed by atoms with van der Waals surface area (Å²) in [6, 6.07) is 6.54. The first-order valence-corrected chi connectivity index (χ1v) is 7.03. The summed E-state index contributed by atoms with van der Waals surface area (Å²) >= 11 is 0. The first-order chi connectivity index (χ1) is 11.1. The molecule has 1 aromatic carbocycles. The number of aromatic nitrogens is 3. The zero-order valence-corrected chi connectivity index (χ0v) is 12.8. The van der Waals surface area contributed by atoms with E-state index in [-0.39, 0.29) is 18.6 Å². The summed E-state index contributed by atoms with van der Waals surface area (Å²) in [5, 5.41) is 8.58. The van der Waals surface area contributed by atoms with Gasteiger partial charge in [-0.15, -0.1) is 9.89 Å². The van der Waals surface area contributed by atoms with Crippen LogP contribution in [0.25, 0.3) is 10.9 Å². The van der Waals surface area contributed by atoms with E-state index in [0.29, 0.717) is 10.3 Å². The highest BCUT2D eigenvalue weighted by atomic mass is 16.6. The smallest absolute Gasteiger partial charge is 0.431 e. The summed E-state index contributed by atoms with van der Waals surface area (Å²) in [6.45, 7) is 2.95. The van der Waals surface area contributed by atoms with Crippen LogP contribution in [0.2, 0.25) is 0 Å². The van der Waals surface area contributed by atoms with Crippen molar-refractivity contribution in [2.45, 2.75) is 13.8 Å². The van der Waals surface area contributed by atoms with Crippen molar-refractivity contribution in [3.05, 3.63) is 34.6 Å². The molecular weight excluding hydrogens is 304 g/mol. The monoisotopic (exact) mass is 320 g/mol. The van der Waals surface area contributed by atoms with E-state index < -0.39 is 24.2 Å². The molecule has 0 saturated carbocycles. The van der Waals surface area contributed by atoms with Crippen molar-refractivity contribution in [1.29, 1.82) is 0 Å². The second kappa shape index (κ2) is 7.34. The number of nitrogens with zero attached hydrogens (tertiary/aromatic N) is 4. The van der Waals surface area contributed by atoms with Crippen LogP contribution in [0.5, 0.6) is 0 Å². The van der Waals surface area contributed by atoms with Crippen LogP contribution in [0.15, 0.2) is 29.1 Å². The number of hydrogen-bond donors (Lipinski definition) is 0. The fourth-order valence-electron chi connectivity index (χ4n) is 1.87. The Morgan fingerprint density at radius 2 is 1.87 bits per heavy atom. The molecule has 0 aliphatic carbocycles. The molecule has 0 saturated heterocycles. The van der Waals surface area contributed by atoms with Crippen LogP contribution < -0.4 is 10.6 Å². The van der Waals surface area contributed by atoms with Gasteiger partial charge in [0.1, 0.15) is 12.1 Å². The lowest BCUT2D eigenvalue weighted by molar-refractivity contribution is -0.141. The Morgan fingerprint density at radius 3 is 2.57 bits per heavy atom. The van der Waals surface area contributed by atoms with Crippen LogP contribution in [-0.2, 0) is 14.3 Å². The maximum atomic E-state index is 12.5. The van der Waals surface area contributed by atoms with Gasteiger partial charge in [-0.3, -0.25) is 9.59 Å². The van der Waals surface area contributed by atoms with E-state index >= 15 is 0 Å². The number of amides is 1. The first-order valence-electron chi connectivity index (χ1n) is 7.03. The van der Waals surface area contributed by atoms with E-state index in [1.165, 1.54) is 0 Å². The molecule has 0 fully saturated rings. The van der Waals surface area contributed by atoms with E-state index in [1.807, 2.05) is 0 Å². The Morgan fingerprint density at radius 1 is 1.17 bits per heavy atom. The van der Waals surface area contributed by atoms with Crippen molar-refractivity contribution in [3.63, 3.8) is 0 Å². The molecule has 1 aromatic heterocycles. The van der Waals surface area contributed by atoms with Crippen molar-refractivity contribution >= 4 is 23.0 Å². The number of carbonyl (C=O) groups is 2. The van der Waals surface area contributed by atoms with Gasteiger partial charge in [0.05, 0.1) is 18.6 Å². The van der Waals surface area contributed by atoms with E-state index in [0.717, 1.165) is 5.01 Å². The minimum Gasteiger partial charge on any atom is -0.465 e. The molecule has 23 heavy (non-hydrogen) atoms. The van der Waals surface area contributed by atoms with Crippen molar-refractivity contribution in [3.8, 4) is 0 Å². The fourth-order valence-corrected chi connectivity index (χ4v) is 1.87. The van der Waals surface area contributed by atoms with Crippen LogP contribution in [0.1, 0.15) is 13.8 Å². The maximum absolute atomic E-state index is 12.5. The fraction of sp³-hybridized carbons (Fsp3) is 0.357. The molecule has 1 heterocycles. The van der Waals surface area contributed by atoms with Crippen molar-refractivity contribution < 1.29 is 19.1 Å². The molecule has 122 valence electrons. The van der Waals surface area contributed by atoms with Crippen LogP contribution in [0.4, 0.5) is 4.79 Å². The highest BCUT2D eigenvalue weighted by molar-refractivity contribution is 5.86. The predicted octanol–water partition coefficient (Wildman–Crippen LogP) is 0.449. The van der Waals surface area contributed by atoms with Gasteiger partial charge < -0.3 is 9.47 Å². The van der Waals surface area contributed by atoms with Gasteiger partial charge in [-0.05, 0) is 31.2 Å². The average Bonchev–Trinajstić information content (AvgIpc) is 2.54. The van der Waals surface area contributed by atoms with Crippen molar-refractivity contribution in [1.82, 2.24) is 15.1 Å². The summed E-state index contributed by atoms with van der Waals surface area (Å²) in [7, 11) is 0. The molecule has 9 nitrogen and oxygen atoms in total. The van der Waals surface area contributed by atoms with Crippen LogP contribution in [0.3, 0.4) is 0 Å². The highest BCUT2D eigenvalue weighted by Gasteiger charge is 2.24. The lowest BCUT2D eigenvalue weighted by Crippen LogP contribution is -2.51. The molecule has 9 heteroatoms. The van der Waals surface area contributed by atoms with E-state index in [9.17, 15) is 14.4 Å². The molecule has 0 bridgehead atoms. The topological polar surface area (TPSA) is 104 Å². The molecule has 1 amide bonds. The van der Waals surface area contributed by atoms with E-state index in [4.69, 9.17) is 9.47 Å². The minimum atomic E-state index is -0.896. The zero-order valence-electron chi connectivity index (χ0n) is 12.8. The van der Waals surface area contributed by atoms with Gasteiger partial charge in [-0.1, -0.05) is 12.1 Å². The number of carbonyl (C=O) groups excluding carboxylic acids is 2. The zero-order chi connectivity index (χ0) is 16.8. The Kier molecular flexibility index (Phi) is 5.23. The molecule has 0 aliphatic heterocycles. The lowest BCUT2D eigenvalue weighted by Gasteiger charge is -2.20. The van der Waals surface area contributed by atoms with Gasteiger partial charge in [0.2, 0.25) is 0 Å². The molecule has 0 unspecified atom stereocenters. The Balaban J connectivity index is 2.46. The Hall–Kier alpha value is -2.97. The van der Waals surface area contributed by atoms with Gasteiger partial charge >= 0.3 is 12.1 Å². The van der Waals surface area contributed by atoms with E-state index in [1.54, 1.807) is 38.1 Å². The predicted molar refractivity (Wildman–Crippen MR) is 80.5 cm³/mol. The summed E-state index contributed by atoms with van der Waals surface area (Å²) in [4.78, 5) is 36.9. The van der Waals surface area contributed by atoms with Gasteiger partial charge in [-0.2, -0.15) is 5.01 Å². The van der Waals surface area contributed by atoms with E-state index in [2.05, 4.69) is 10.3 Å². The molecular formula is C14H16N4O5. The second-order valence-corrected chi connectivity index (χ2v) is 4.36. The Bertz CT molecular complexity index is 773. The molecule has 0 spiro atoms. The SMILES string of the molecule is CCOC(=O)CN(C(=O)OCC)n1nnc2ccccc2c1=O. The molecule has 2 aromatic rings. The average molecular weight is 320 g/mol. The third-order valence-electron chi connectivity index (χ3n) is 2.84. The maximum Gasteiger partial charge on any atom is 0.431 e. The van der Waals surface area contributed by atoms with Gasteiger partial charge in [0, 0.05) is 0 Å². The first kappa shape index (κ1) is 16.4. The third kappa shape index (κ3) is 3.62. The molecule has 0 atom stereocenters. The van der Waals surface area contributed by atoms with Gasteiger partial charge in [0.15, 0.2) is 0 Å². The molecule has 0 aliphatic rings. The normalized spacial score (nSPS) is 10.3. The minimum absolute atomic E-state index is 0.0773. The van der Waals surface area contributed by atoms with Gasteiger partial charge in [-0.25, -0.2) is 4.79 Å². The number of hydrogen-bond acceptors (Lipinski definition) is 7. The van der Waals surface area contributed by atoms with Crippen LogP contribution in [0, 0.1) is 0 Å². The van der Waals surface area contributed by atoms with Crippen molar-refractivity contribution in [2.24, 2.45) is 0 Å². The number of rotatable bonds is 5. The van der Waals surface area contributed by atoms with Crippen molar-refractivity contribution in [2.75, 3.05) is 24.8 Å². The highest BCUT2D eigenvalue weighted by Crippen LogP contribution is 2.04. The number of benzene rings is 1. The largest absolute Gasteiger partial charge is 0.465 e. The summed E-state index contributed by atoms with van der Waals surface area (Å²) < 4.78 is 9.65. The summed E-state index contributed by atoms with van der Waals surface area (Å²) in [6.07, 6.45) is -0.896. The Labute approximate surface area is 131 Å². The lowest BCUT2D eigenvalue weighted by atomic mass is 10.2. The van der Waals surface area contributed by atoms with Crippen LogP contribution in [-0.4, -0.2) is 46.9 Å². The molecule has 0 radical (unpaired) electrons. The summed E-state index contributed by atoms with van der Waals surface area (Å²) in [5.74, 6) is -0.692.